The number of amides is 1. The summed E-state index contributed by atoms with van der Waals surface area (Å²) in [6, 6.07) is 18.5. The summed E-state index contributed by atoms with van der Waals surface area (Å²) >= 11 is 6.00. The number of benzene rings is 3. The van der Waals surface area contributed by atoms with Crippen LogP contribution in [0.15, 0.2) is 60.7 Å². The van der Waals surface area contributed by atoms with Crippen molar-refractivity contribution >= 4 is 39.9 Å². The number of esters is 1. The Morgan fingerprint density at radius 2 is 1.78 bits per heavy atom. The summed E-state index contributed by atoms with van der Waals surface area (Å²) in [5.74, 6) is -0.678. The fourth-order valence-electron chi connectivity index (χ4n) is 2.57. The van der Waals surface area contributed by atoms with Gasteiger partial charge < -0.3 is 14.8 Å². The highest BCUT2D eigenvalue weighted by atomic mass is 35.5. The van der Waals surface area contributed by atoms with E-state index in [2.05, 4.69) is 5.32 Å². The first-order valence-corrected chi connectivity index (χ1v) is 8.73. The number of ether oxygens (including phenoxy) is 2. The molecule has 0 saturated heterocycles. The summed E-state index contributed by atoms with van der Waals surface area (Å²) < 4.78 is 10.3. The highest BCUT2D eigenvalue weighted by Crippen LogP contribution is 2.25. The molecular weight excluding hydrogens is 366 g/mol. The van der Waals surface area contributed by atoms with E-state index in [1.165, 1.54) is 0 Å². The molecule has 6 heteroatoms. The summed E-state index contributed by atoms with van der Waals surface area (Å²) in [5.41, 5.74) is 1.62. The van der Waals surface area contributed by atoms with Gasteiger partial charge in [0.15, 0.2) is 13.2 Å². The molecule has 0 saturated carbocycles. The lowest BCUT2D eigenvalue weighted by atomic mass is 10.1. The Kier molecular flexibility index (Phi) is 5.94. The molecule has 0 aliphatic rings. The number of halogens is 1. The lowest BCUT2D eigenvalue weighted by Gasteiger charge is -2.10. The van der Waals surface area contributed by atoms with Gasteiger partial charge in [0.2, 0.25) is 0 Å². The molecule has 0 aromatic heterocycles. The number of fused-ring (bicyclic) bond motifs is 1. The molecule has 0 unspecified atom stereocenters. The molecule has 0 spiro atoms. The number of rotatable bonds is 6. The van der Waals surface area contributed by atoms with E-state index >= 15 is 0 Å². The predicted molar refractivity (Wildman–Crippen MR) is 105 cm³/mol. The molecule has 1 amide bonds. The average molecular weight is 384 g/mol. The third-order valence-electron chi connectivity index (χ3n) is 3.86. The minimum Gasteiger partial charge on any atom is -0.480 e. The maximum Gasteiger partial charge on any atom is 0.344 e. The molecule has 3 aromatic rings. The zero-order chi connectivity index (χ0) is 19.2. The zero-order valence-electron chi connectivity index (χ0n) is 14.7. The molecule has 27 heavy (non-hydrogen) atoms. The topological polar surface area (TPSA) is 64.6 Å². The van der Waals surface area contributed by atoms with Gasteiger partial charge >= 0.3 is 5.97 Å². The summed E-state index contributed by atoms with van der Waals surface area (Å²) in [7, 11) is 0. The van der Waals surface area contributed by atoms with Gasteiger partial charge in [-0.15, -0.1) is 0 Å². The molecule has 3 rings (SSSR count). The van der Waals surface area contributed by atoms with Gasteiger partial charge in [-0.05, 0) is 36.1 Å². The molecule has 0 fully saturated rings. The van der Waals surface area contributed by atoms with Gasteiger partial charge in [-0.2, -0.15) is 0 Å². The molecular formula is C21H18ClNO4. The highest BCUT2D eigenvalue weighted by molar-refractivity contribution is 6.32. The van der Waals surface area contributed by atoms with Gasteiger partial charge in [-0.1, -0.05) is 54.1 Å². The summed E-state index contributed by atoms with van der Waals surface area (Å²) in [6.07, 6.45) is 0. The Morgan fingerprint density at radius 1 is 1.00 bits per heavy atom. The van der Waals surface area contributed by atoms with Crippen LogP contribution in [-0.4, -0.2) is 25.1 Å². The first-order chi connectivity index (χ1) is 13.0. The maximum absolute atomic E-state index is 12.1. The third kappa shape index (κ3) is 4.99. The number of hydrogen-bond donors (Lipinski definition) is 1. The van der Waals surface area contributed by atoms with E-state index in [0.29, 0.717) is 16.5 Å². The van der Waals surface area contributed by atoms with Crippen molar-refractivity contribution < 1.29 is 19.1 Å². The van der Waals surface area contributed by atoms with Crippen LogP contribution in [0.5, 0.6) is 5.75 Å². The first kappa shape index (κ1) is 18.7. The molecule has 5 nitrogen and oxygen atoms in total. The molecule has 138 valence electrons. The average Bonchev–Trinajstić information content (AvgIpc) is 2.67. The van der Waals surface area contributed by atoms with Crippen LogP contribution < -0.4 is 10.1 Å². The van der Waals surface area contributed by atoms with Gasteiger partial charge in [0.05, 0.1) is 5.02 Å². The van der Waals surface area contributed by atoms with Gasteiger partial charge in [0.1, 0.15) is 5.75 Å². The zero-order valence-corrected chi connectivity index (χ0v) is 15.5. The smallest absolute Gasteiger partial charge is 0.344 e. The lowest BCUT2D eigenvalue weighted by Crippen LogP contribution is -2.23. The summed E-state index contributed by atoms with van der Waals surface area (Å²) in [4.78, 5) is 23.9. The van der Waals surface area contributed by atoms with Crippen LogP contribution in [0.25, 0.3) is 10.8 Å². The molecule has 0 heterocycles. The Bertz CT molecular complexity index is 982. The largest absolute Gasteiger partial charge is 0.480 e. The van der Waals surface area contributed by atoms with Crippen molar-refractivity contribution in [2.75, 3.05) is 18.5 Å². The monoisotopic (exact) mass is 383 g/mol. The van der Waals surface area contributed by atoms with Gasteiger partial charge in [-0.25, -0.2) is 4.79 Å². The van der Waals surface area contributed by atoms with Crippen LogP contribution in [0.4, 0.5) is 5.69 Å². The van der Waals surface area contributed by atoms with Crippen LogP contribution in [0.3, 0.4) is 0 Å². The van der Waals surface area contributed by atoms with Crippen molar-refractivity contribution in [1.82, 2.24) is 0 Å². The standard InChI is InChI=1S/C21H18ClNO4/c1-14-9-10-17(22)19(11-14)26-13-21(25)27-12-20(24)23-18-8-4-6-15-5-2-3-7-16(15)18/h2-11H,12-13H2,1H3,(H,23,24). The van der Waals surface area contributed by atoms with Crippen LogP contribution in [0.1, 0.15) is 5.56 Å². The number of hydrogen-bond acceptors (Lipinski definition) is 4. The first-order valence-electron chi connectivity index (χ1n) is 8.35. The van der Waals surface area contributed by atoms with E-state index in [1.54, 1.807) is 18.2 Å². The van der Waals surface area contributed by atoms with Gasteiger partial charge in [0, 0.05) is 11.1 Å². The SMILES string of the molecule is Cc1ccc(Cl)c(OCC(=O)OCC(=O)Nc2cccc3ccccc23)c1. The fraction of sp³-hybridized carbons (Fsp3) is 0.143. The van der Waals surface area contributed by atoms with E-state index in [1.807, 2.05) is 49.4 Å². The molecule has 0 radical (unpaired) electrons. The maximum atomic E-state index is 12.1. The second-order valence-electron chi connectivity index (χ2n) is 5.96. The van der Waals surface area contributed by atoms with Crippen LogP contribution in [-0.2, 0) is 14.3 Å². The number of carbonyl (C=O) groups excluding carboxylic acids is 2. The predicted octanol–water partition coefficient (Wildman–Crippen LogP) is 4.36. The normalized spacial score (nSPS) is 10.4. The van der Waals surface area contributed by atoms with Crippen LogP contribution in [0, 0.1) is 6.92 Å². The van der Waals surface area contributed by atoms with Crippen LogP contribution in [0.2, 0.25) is 5.02 Å². The molecule has 0 aliphatic carbocycles. The number of nitrogens with one attached hydrogen (secondary N) is 1. The molecule has 3 aromatic carbocycles. The molecule has 0 aliphatic heterocycles. The second-order valence-corrected chi connectivity index (χ2v) is 6.37. The number of aryl methyl sites for hydroxylation is 1. The van der Waals surface area contributed by atoms with E-state index in [9.17, 15) is 9.59 Å². The van der Waals surface area contributed by atoms with Gasteiger partial charge in [0.25, 0.3) is 5.91 Å². The van der Waals surface area contributed by atoms with Crippen molar-refractivity contribution in [1.29, 1.82) is 0 Å². The van der Waals surface area contributed by atoms with Crippen LogP contribution >= 0.6 is 11.6 Å². The van der Waals surface area contributed by atoms with Crippen molar-refractivity contribution in [3.8, 4) is 5.75 Å². The summed E-state index contributed by atoms with van der Waals surface area (Å²) in [6.45, 7) is 1.16. The van der Waals surface area contributed by atoms with E-state index in [0.717, 1.165) is 16.3 Å². The number of anilines is 1. The third-order valence-corrected chi connectivity index (χ3v) is 4.17. The van der Waals surface area contributed by atoms with Crippen molar-refractivity contribution in [3.63, 3.8) is 0 Å². The van der Waals surface area contributed by atoms with Gasteiger partial charge in [-0.3, -0.25) is 4.79 Å². The second kappa shape index (κ2) is 8.56. The minimum atomic E-state index is -0.652. The van der Waals surface area contributed by atoms with E-state index in [-0.39, 0.29) is 6.61 Å². The quantitative estimate of drug-likeness (QED) is 0.642. The van der Waals surface area contributed by atoms with E-state index < -0.39 is 18.5 Å². The fourth-order valence-corrected chi connectivity index (χ4v) is 2.74. The highest BCUT2D eigenvalue weighted by Gasteiger charge is 2.11. The Hall–Kier alpha value is -3.05. The molecule has 1 N–H and O–H groups in total. The minimum absolute atomic E-state index is 0.329. The molecule has 0 bridgehead atoms. The Labute approximate surface area is 161 Å². The van der Waals surface area contributed by atoms with E-state index in [4.69, 9.17) is 21.1 Å². The Balaban J connectivity index is 1.51. The van der Waals surface area contributed by atoms with Crippen molar-refractivity contribution in [2.45, 2.75) is 6.92 Å². The summed E-state index contributed by atoms with van der Waals surface area (Å²) in [5, 5.41) is 5.08. The number of carbonyl (C=O) groups is 2. The van der Waals surface area contributed by atoms with Crippen molar-refractivity contribution in [2.24, 2.45) is 0 Å². The molecule has 0 atom stereocenters. The van der Waals surface area contributed by atoms with Crippen molar-refractivity contribution in [3.05, 3.63) is 71.2 Å². The Morgan fingerprint density at radius 3 is 2.63 bits per heavy atom. The lowest BCUT2D eigenvalue weighted by molar-refractivity contribution is -0.149.